The first kappa shape index (κ1) is 16.3. The van der Waals surface area contributed by atoms with E-state index in [2.05, 4.69) is 15.4 Å². The number of anilines is 1. The molecule has 0 aromatic heterocycles. The van der Waals surface area contributed by atoms with Gasteiger partial charge in [-0.15, -0.1) is 0 Å². The van der Waals surface area contributed by atoms with Crippen LogP contribution in [-0.4, -0.2) is 34.1 Å². The van der Waals surface area contributed by atoms with Crippen molar-refractivity contribution in [1.82, 2.24) is 10.0 Å². The van der Waals surface area contributed by atoms with Gasteiger partial charge in [0.1, 0.15) is 0 Å². The van der Waals surface area contributed by atoms with Crippen LogP contribution in [0.1, 0.15) is 32.6 Å². The Labute approximate surface area is 127 Å². The Morgan fingerprint density at radius 3 is 2.43 bits per heavy atom. The minimum atomic E-state index is -3.36. The van der Waals surface area contributed by atoms with Crippen LogP contribution in [-0.2, 0) is 10.0 Å². The zero-order valence-electron chi connectivity index (χ0n) is 12.6. The van der Waals surface area contributed by atoms with Crippen molar-refractivity contribution in [1.29, 1.82) is 0 Å². The third-order valence-corrected chi connectivity index (χ3v) is 4.88. The van der Waals surface area contributed by atoms with Crippen molar-refractivity contribution < 1.29 is 8.42 Å². The van der Waals surface area contributed by atoms with Crippen LogP contribution in [0.4, 0.5) is 5.69 Å². The lowest BCUT2D eigenvalue weighted by Crippen LogP contribution is -2.24. The van der Waals surface area contributed by atoms with E-state index in [1.165, 1.54) is 12.8 Å². The lowest BCUT2D eigenvalue weighted by molar-refractivity contribution is 0.581. The molecule has 0 amide bonds. The fourth-order valence-corrected chi connectivity index (χ4v) is 3.12. The average Bonchev–Trinajstić information content (AvgIpc) is 3.29. The molecule has 2 rings (SSSR count). The summed E-state index contributed by atoms with van der Waals surface area (Å²) >= 11 is 0. The first-order valence-corrected chi connectivity index (χ1v) is 9.17. The molecule has 118 valence electrons. The monoisotopic (exact) mass is 311 g/mol. The summed E-state index contributed by atoms with van der Waals surface area (Å²) < 4.78 is 26.4. The van der Waals surface area contributed by atoms with E-state index in [1.54, 1.807) is 12.1 Å². The second-order valence-corrected chi connectivity index (χ2v) is 7.20. The Balaban J connectivity index is 1.75. The Kier molecular flexibility index (Phi) is 6.02. The van der Waals surface area contributed by atoms with Gasteiger partial charge >= 0.3 is 0 Å². The van der Waals surface area contributed by atoms with Crippen molar-refractivity contribution in [2.24, 2.45) is 0 Å². The molecule has 0 radical (unpaired) electrons. The van der Waals surface area contributed by atoms with E-state index >= 15 is 0 Å². The summed E-state index contributed by atoms with van der Waals surface area (Å²) in [4.78, 5) is 0.317. The maximum atomic E-state index is 11.9. The van der Waals surface area contributed by atoms with Crippen LogP contribution >= 0.6 is 0 Å². The molecule has 0 spiro atoms. The maximum absolute atomic E-state index is 11.9. The van der Waals surface area contributed by atoms with Gasteiger partial charge < -0.3 is 10.6 Å². The molecule has 3 N–H and O–H groups in total. The predicted octanol–water partition coefficient (Wildman–Crippen LogP) is 1.93. The molecule has 1 aliphatic rings. The Morgan fingerprint density at radius 1 is 1.10 bits per heavy atom. The van der Waals surface area contributed by atoms with Gasteiger partial charge in [0.25, 0.3) is 0 Å². The van der Waals surface area contributed by atoms with Gasteiger partial charge in [0.2, 0.25) is 10.0 Å². The molecule has 1 aromatic rings. The van der Waals surface area contributed by atoms with E-state index in [0.29, 0.717) is 11.4 Å². The van der Waals surface area contributed by atoms with Crippen LogP contribution in [0, 0.1) is 0 Å². The Bertz CT molecular complexity index is 524. The molecule has 6 heteroatoms. The fraction of sp³-hybridized carbons (Fsp3) is 0.600. The van der Waals surface area contributed by atoms with E-state index in [1.807, 2.05) is 19.1 Å². The molecule has 0 unspecified atom stereocenters. The molecule has 0 bridgehead atoms. The fourth-order valence-electron chi connectivity index (χ4n) is 1.99. The topological polar surface area (TPSA) is 70.2 Å². The molecule has 5 nitrogen and oxygen atoms in total. The number of rotatable bonds is 10. The quantitative estimate of drug-likeness (QED) is 0.578. The number of hydrogen-bond acceptors (Lipinski definition) is 4. The minimum Gasteiger partial charge on any atom is -0.385 e. The number of sulfonamides is 1. The molecule has 1 aliphatic carbocycles. The van der Waals surface area contributed by atoms with Crippen molar-refractivity contribution in [3.63, 3.8) is 0 Å². The largest absolute Gasteiger partial charge is 0.385 e. The smallest absolute Gasteiger partial charge is 0.240 e. The Morgan fingerprint density at radius 2 is 1.81 bits per heavy atom. The first-order chi connectivity index (χ1) is 10.1. The van der Waals surface area contributed by atoms with E-state index in [0.717, 1.165) is 37.7 Å². The summed E-state index contributed by atoms with van der Waals surface area (Å²) in [6.07, 6.45) is 4.48. The highest BCUT2D eigenvalue weighted by Crippen LogP contribution is 2.18. The van der Waals surface area contributed by atoms with E-state index < -0.39 is 10.0 Å². The SMILES string of the molecule is CCCNS(=O)(=O)c1ccc(NCCCNC2CC2)cc1. The number of nitrogens with one attached hydrogen (secondary N) is 3. The highest BCUT2D eigenvalue weighted by atomic mass is 32.2. The summed E-state index contributed by atoms with van der Waals surface area (Å²) in [5, 5.41) is 6.77. The first-order valence-electron chi connectivity index (χ1n) is 7.69. The van der Waals surface area contributed by atoms with Crippen LogP contribution in [0.15, 0.2) is 29.2 Å². The maximum Gasteiger partial charge on any atom is 0.240 e. The van der Waals surface area contributed by atoms with Crippen LogP contribution in [0.25, 0.3) is 0 Å². The summed E-state index contributed by atoms with van der Waals surface area (Å²) in [5.41, 5.74) is 0.955. The molecule has 0 heterocycles. The number of benzene rings is 1. The summed E-state index contributed by atoms with van der Waals surface area (Å²) in [6.45, 7) is 4.33. The lowest BCUT2D eigenvalue weighted by Gasteiger charge is -2.09. The molecule has 21 heavy (non-hydrogen) atoms. The van der Waals surface area contributed by atoms with Gasteiger partial charge in [-0.05, 0) is 56.5 Å². The van der Waals surface area contributed by atoms with Crippen molar-refractivity contribution in [3.05, 3.63) is 24.3 Å². The zero-order valence-corrected chi connectivity index (χ0v) is 13.4. The molecule has 0 aliphatic heterocycles. The normalized spacial score (nSPS) is 15.1. The van der Waals surface area contributed by atoms with Crippen LogP contribution in [0.3, 0.4) is 0 Å². The summed E-state index contributed by atoms with van der Waals surface area (Å²) in [7, 11) is -3.36. The molecule has 1 fully saturated rings. The van der Waals surface area contributed by atoms with Gasteiger partial charge in [-0.25, -0.2) is 13.1 Å². The lowest BCUT2D eigenvalue weighted by atomic mass is 10.3. The number of hydrogen-bond donors (Lipinski definition) is 3. The van der Waals surface area contributed by atoms with Crippen molar-refractivity contribution in [2.45, 2.75) is 43.5 Å². The third-order valence-electron chi connectivity index (χ3n) is 3.40. The van der Waals surface area contributed by atoms with Gasteiger partial charge in [0.15, 0.2) is 0 Å². The van der Waals surface area contributed by atoms with Gasteiger partial charge in [-0.2, -0.15) is 0 Å². The highest BCUT2D eigenvalue weighted by molar-refractivity contribution is 7.89. The van der Waals surface area contributed by atoms with Gasteiger partial charge in [0.05, 0.1) is 4.90 Å². The molecule has 0 atom stereocenters. The molecule has 1 aromatic carbocycles. The molecular weight excluding hydrogens is 286 g/mol. The van der Waals surface area contributed by atoms with Gasteiger partial charge in [-0.3, -0.25) is 0 Å². The van der Waals surface area contributed by atoms with Gasteiger partial charge in [0, 0.05) is 24.8 Å². The molecule has 1 saturated carbocycles. The predicted molar refractivity (Wildman–Crippen MR) is 86.1 cm³/mol. The van der Waals surface area contributed by atoms with Crippen molar-refractivity contribution >= 4 is 15.7 Å². The van der Waals surface area contributed by atoms with E-state index in [4.69, 9.17) is 0 Å². The van der Waals surface area contributed by atoms with Crippen LogP contribution in [0.5, 0.6) is 0 Å². The van der Waals surface area contributed by atoms with Crippen molar-refractivity contribution in [3.8, 4) is 0 Å². The van der Waals surface area contributed by atoms with E-state index in [9.17, 15) is 8.42 Å². The summed E-state index contributed by atoms with van der Waals surface area (Å²) in [6, 6.07) is 7.67. The van der Waals surface area contributed by atoms with Crippen LogP contribution in [0.2, 0.25) is 0 Å². The zero-order chi connectivity index (χ0) is 15.1. The molecule has 0 saturated heterocycles. The van der Waals surface area contributed by atoms with Crippen LogP contribution < -0.4 is 15.4 Å². The Hall–Kier alpha value is -1.11. The summed E-state index contributed by atoms with van der Waals surface area (Å²) in [5.74, 6) is 0. The minimum absolute atomic E-state index is 0.317. The van der Waals surface area contributed by atoms with E-state index in [-0.39, 0.29) is 0 Å². The molecular formula is C15H25N3O2S. The second-order valence-electron chi connectivity index (χ2n) is 5.43. The third kappa shape index (κ3) is 5.65. The standard InChI is InChI=1S/C15H25N3O2S/c1-2-10-18-21(19,20)15-8-6-14(7-9-15)17-12-3-11-16-13-4-5-13/h6-9,13,16-18H,2-5,10-12H2,1H3. The van der Waals surface area contributed by atoms with Gasteiger partial charge in [-0.1, -0.05) is 6.92 Å². The average molecular weight is 311 g/mol. The second kappa shape index (κ2) is 7.77. The van der Waals surface area contributed by atoms with Crippen molar-refractivity contribution in [2.75, 3.05) is 25.0 Å². The highest BCUT2D eigenvalue weighted by Gasteiger charge is 2.19.